The molecule has 0 saturated carbocycles. The van der Waals surface area contributed by atoms with E-state index < -0.39 is 11.9 Å². The summed E-state index contributed by atoms with van der Waals surface area (Å²) >= 11 is 7.66. The number of methoxy groups -OCH3 is 1. The van der Waals surface area contributed by atoms with E-state index in [0.717, 1.165) is 21.0 Å². The zero-order valence-electron chi connectivity index (χ0n) is 18.9. The van der Waals surface area contributed by atoms with E-state index in [1.807, 2.05) is 54.6 Å². The summed E-state index contributed by atoms with van der Waals surface area (Å²) < 4.78 is 11.8. The molecule has 0 atom stereocenters. The highest BCUT2D eigenvalue weighted by atomic mass is 35.5. The number of amides is 1. The first-order valence-electron chi connectivity index (χ1n) is 10.8. The molecule has 0 radical (unpaired) electrons. The molecule has 9 heteroatoms. The number of hydrogen-bond donors (Lipinski definition) is 1. The van der Waals surface area contributed by atoms with E-state index in [1.165, 1.54) is 24.7 Å². The van der Waals surface area contributed by atoms with E-state index in [4.69, 9.17) is 21.1 Å². The molecule has 0 unspecified atom stereocenters. The van der Waals surface area contributed by atoms with E-state index in [1.54, 1.807) is 24.3 Å². The predicted octanol–water partition coefficient (Wildman–Crippen LogP) is 6.09. The average Bonchev–Trinajstić information content (AvgIpc) is 3.25. The lowest BCUT2D eigenvalue weighted by Crippen LogP contribution is -2.18. The van der Waals surface area contributed by atoms with Crippen molar-refractivity contribution in [2.75, 3.05) is 7.11 Å². The first kappa shape index (κ1) is 23.5. The molecule has 0 aliphatic carbocycles. The van der Waals surface area contributed by atoms with Gasteiger partial charge in [-0.15, -0.1) is 11.3 Å². The number of hydrazone groups is 1. The van der Waals surface area contributed by atoms with E-state index in [9.17, 15) is 9.59 Å². The second kappa shape index (κ2) is 10.2. The Morgan fingerprint density at radius 3 is 2.64 bits per heavy atom. The van der Waals surface area contributed by atoms with Crippen LogP contribution >= 0.6 is 22.9 Å². The molecule has 1 amide bonds. The van der Waals surface area contributed by atoms with Gasteiger partial charge >= 0.3 is 5.97 Å². The summed E-state index contributed by atoms with van der Waals surface area (Å²) in [6.45, 7) is 0. The highest BCUT2D eigenvalue weighted by Crippen LogP contribution is 2.37. The maximum absolute atomic E-state index is 12.8. The van der Waals surface area contributed by atoms with Gasteiger partial charge < -0.3 is 9.47 Å². The van der Waals surface area contributed by atoms with Crippen LogP contribution in [0.5, 0.6) is 11.5 Å². The van der Waals surface area contributed by atoms with Crippen molar-refractivity contribution in [1.82, 2.24) is 10.4 Å². The lowest BCUT2D eigenvalue weighted by Gasteiger charge is -2.09. The van der Waals surface area contributed by atoms with Crippen molar-refractivity contribution in [3.05, 3.63) is 100 Å². The fourth-order valence-electron chi connectivity index (χ4n) is 3.56. The van der Waals surface area contributed by atoms with Gasteiger partial charge in [-0.05, 0) is 42.0 Å². The number of para-hydroxylation sites is 1. The molecule has 0 saturated heterocycles. The summed E-state index contributed by atoms with van der Waals surface area (Å²) in [4.78, 5) is 29.9. The summed E-state index contributed by atoms with van der Waals surface area (Å²) in [5, 5.41) is 6.11. The summed E-state index contributed by atoms with van der Waals surface area (Å²) in [5.74, 6) is -0.449. The molecule has 36 heavy (non-hydrogen) atoms. The Labute approximate surface area is 214 Å². The number of nitrogens with one attached hydrogen (secondary N) is 1. The molecule has 0 aliphatic heterocycles. The van der Waals surface area contributed by atoms with Crippen LogP contribution in [0.4, 0.5) is 0 Å². The molecule has 0 aliphatic rings. The summed E-state index contributed by atoms with van der Waals surface area (Å²) in [6.07, 6.45) is 1.45. The van der Waals surface area contributed by atoms with Gasteiger partial charge in [-0.3, -0.25) is 4.79 Å². The van der Waals surface area contributed by atoms with Gasteiger partial charge in [0.2, 0.25) is 0 Å². The minimum Gasteiger partial charge on any atom is -0.493 e. The number of aromatic nitrogens is 1. The monoisotopic (exact) mass is 515 g/mol. The third kappa shape index (κ3) is 4.77. The number of nitrogens with zero attached hydrogens (tertiary/aromatic N) is 2. The highest BCUT2D eigenvalue weighted by Gasteiger charge is 2.20. The number of hydrogen-bond acceptors (Lipinski definition) is 7. The topological polar surface area (TPSA) is 89.9 Å². The van der Waals surface area contributed by atoms with Crippen LogP contribution in [0.15, 0.2) is 84.0 Å². The number of rotatable bonds is 6. The molecular weight excluding hydrogens is 498 g/mol. The molecule has 2 heterocycles. The van der Waals surface area contributed by atoms with Gasteiger partial charge in [-0.1, -0.05) is 54.1 Å². The smallest absolute Gasteiger partial charge is 0.355 e. The Hall–Kier alpha value is -4.27. The lowest BCUT2D eigenvalue weighted by molar-refractivity contribution is 0.0734. The van der Waals surface area contributed by atoms with Crippen LogP contribution in [-0.2, 0) is 0 Å². The van der Waals surface area contributed by atoms with Crippen molar-refractivity contribution in [3.8, 4) is 11.5 Å². The third-order valence-corrected chi connectivity index (χ3v) is 6.98. The van der Waals surface area contributed by atoms with E-state index in [0.29, 0.717) is 21.2 Å². The average molecular weight is 516 g/mol. The quantitative estimate of drug-likeness (QED) is 0.128. The fraction of sp³-hybridized carbons (Fsp3) is 0.0370. The molecule has 7 nitrogen and oxygen atoms in total. The standard InChI is InChI=1S/C27H18ClN3O4S/c1-34-22-14-16(15-29-31-26(32)20-12-11-17-6-2-4-8-19(17)30-20)10-13-21(22)35-27(33)25-24(28)18-7-3-5-9-23(18)36-25/h2-15H,1H3,(H,31,32)/b29-15-. The molecule has 5 aromatic rings. The molecule has 0 spiro atoms. The number of thiophene rings is 1. The summed E-state index contributed by atoms with van der Waals surface area (Å²) in [7, 11) is 1.47. The Balaban J connectivity index is 1.28. The molecular formula is C27H18ClN3O4S. The third-order valence-electron chi connectivity index (χ3n) is 5.32. The van der Waals surface area contributed by atoms with Gasteiger partial charge in [0.1, 0.15) is 10.6 Å². The normalized spacial score (nSPS) is 11.2. The van der Waals surface area contributed by atoms with Crippen LogP contribution in [0.25, 0.3) is 21.0 Å². The zero-order chi connectivity index (χ0) is 25.1. The summed E-state index contributed by atoms with van der Waals surface area (Å²) in [5.41, 5.74) is 4.07. The van der Waals surface area contributed by atoms with E-state index >= 15 is 0 Å². The van der Waals surface area contributed by atoms with Crippen molar-refractivity contribution >= 4 is 62.0 Å². The van der Waals surface area contributed by atoms with Crippen LogP contribution in [0.1, 0.15) is 25.7 Å². The van der Waals surface area contributed by atoms with Crippen molar-refractivity contribution in [2.45, 2.75) is 0 Å². The number of benzene rings is 3. The number of carbonyl (C=O) groups is 2. The highest BCUT2D eigenvalue weighted by molar-refractivity contribution is 7.21. The van der Waals surface area contributed by atoms with Crippen LogP contribution in [0.3, 0.4) is 0 Å². The van der Waals surface area contributed by atoms with Crippen molar-refractivity contribution < 1.29 is 19.1 Å². The van der Waals surface area contributed by atoms with Crippen LogP contribution in [0, 0.1) is 0 Å². The first-order chi connectivity index (χ1) is 17.5. The molecule has 1 N–H and O–H groups in total. The van der Waals surface area contributed by atoms with Crippen LogP contribution < -0.4 is 14.9 Å². The molecule has 178 valence electrons. The number of esters is 1. The SMILES string of the molecule is COc1cc(/C=N\NC(=O)c2ccc3ccccc3n2)ccc1OC(=O)c1sc2ccccc2c1Cl. The van der Waals surface area contributed by atoms with Gasteiger partial charge in [0.05, 0.1) is 23.9 Å². The minimum absolute atomic E-state index is 0.234. The first-order valence-corrected chi connectivity index (χ1v) is 12.0. The second-order valence-electron chi connectivity index (χ2n) is 7.63. The van der Waals surface area contributed by atoms with E-state index in [2.05, 4.69) is 15.5 Å². The van der Waals surface area contributed by atoms with Crippen LogP contribution in [-0.4, -0.2) is 30.2 Å². The maximum Gasteiger partial charge on any atom is 0.355 e. The maximum atomic E-state index is 12.8. The molecule has 5 rings (SSSR count). The Kier molecular flexibility index (Phi) is 6.62. The largest absolute Gasteiger partial charge is 0.493 e. The van der Waals surface area contributed by atoms with Crippen molar-refractivity contribution in [2.24, 2.45) is 5.10 Å². The van der Waals surface area contributed by atoms with Gasteiger partial charge in [0.25, 0.3) is 5.91 Å². The number of carbonyl (C=O) groups excluding carboxylic acids is 2. The Bertz CT molecular complexity index is 1650. The van der Waals surface area contributed by atoms with Gasteiger partial charge in [-0.2, -0.15) is 5.10 Å². The van der Waals surface area contributed by atoms with Gasteiger partial charge in [0, 0.05) is 15.5 Å². The summed E-state index contributed by atoms with van der Waals surface area (Å²) in [6, 6.07) is 23.4. The number of fused-ring (bicyclic) bond motifs is 2. The van der Waals surface area contributed by atoms with Crippen LogP contribution in [0.2, 0.25) is 5.02 Å². The van der Waals surface area contributed by atoms with Gasteiger partial charge in [-0.25, -0.2) is 15.2 Å². The molecule has 2 aromatic heterocycles. The lowest BCUT2D eigenvalue weighted by atomic mass is 10.2. The Morgan fingerprint density at radius 1 is 1.00 bits per heavy atom. The molecule has 3 aromatic carbocycles. The van der Waals surface area contributed by atoms with Crippen molar-refractivity contribution in [1.29, 1.82) is 0 Å². The van der Waals surface area contributed by atoms with Gasteiger partial charge in [0.15, 0.2) is 11.5 Å². The van der Waals surface area contributed by atoms with E-state index in [-0.39, 0.29) is 11.4 Å². The van der Waals surface area contributed by atoms with Crippen molar-refractivity contribution in [3.63, 3.8) is 0 Å². The molecule has 0 fully saturated rings. The number of pyridine rings is 1. The second-order valence-corrected chi connectivity index (χ2v) is 9.06. The zero-order valence-corrected chi connectivity index (χ0v) is 20.5. The fourth-order valence-corrected chi connectivity index (χ4v) is 4.94. The number of halogens is 1. The number of ether oxygens (including phenoxy) is 2. The minimum atomic E-state index is -0.573. The molecule has 0 bridgehead atoms. The Morgan fingerprint density at radius 2 is 1.81 bits per heavy atom. The predicted molar refractivity (Wildman–Crippen MR) is 142 cm³/mol.